The second-order valence-electron chi connectivity index (χ2n) is 10.7. The monoisotopic (exact) mass is 535 g/mol. The number of piperidine rings is 1. The van der Waals surface area contributed by atoms with Gasteiger partial charge >= 0.3 is 6.09 Å². The van der Waals surface area contributed by atoms with Crippen molar-refractivity contribution >= 4 is 28.9 Å². The number of hydrogen-bond donors (Lipinski definition) is 2. The SMILES string of the molecule is C[C@H]1CCN(c2ccncc2Nc2ncc3ccc(-c4c(F)cccc4F)nn23)C[C@H]1NC(=O)OC(C)(C)C. The zero-order chi connectivity index (χ0) is 27.7. The molecule has 4 heterocycles. The highest BCUT2D eigenvalue weighted by Gasteiger charge is 2.30. The third-order valence-corrected chi connectivity index (χ3v) is 6.65. The second kappa shape index (κ2) is 10.5. The molecule has 1 saturated heterocycles. The van der Waals surface area contributed by atoms with Crippen LogP contribution in [0, 0.1) is 17.6 Å². The van der Waals surface area contributed by atoms with Crippen molar-refractivity contribution < 1.29 is 18.3 Å². The molecule has 2 N–H and O–H groups in total. The summed E-state index contributed by atoms with van der Waals surface area (Å²) in [5, 5.41) is 10.8. The molecule has 1 fully saturated rings. The predicted molar refractivity (Wildman–Crippen MR) is 145 cm³/mol. The largest absolute Gasteiger partial charge is 0.444 e. The van der Waals surface area contributed by atoms with Gasteiger partial charge in [0, 0.05) is 19.3 Å². The average molecular weight is 536 g/mol. The number of nitrogens with zero attached hydrogens (tertiary/aromatic N) is 5. The Morgan fingerprint density at radius 2 is 1.87 bits per heavy atom. The van der Waals surface area contributed by atoms with E-state index in [1.165, 1.54) is 22.7 Å². The zero-order valence-corrected chi connectivity index (χ0v) is 22.3. The van der Waals surface area contributed by atoms with E-state index in [2.05, 4.69) is 37.5 Å². The minimum absolute atomic E-state index is 0.109. The van der Waals surface area contributed by atoms with Gasteiger partial charge in [-0.05, 0) is 63.4 Å². The van der Waals surface area contributed by atoms with E-state index in [4.69, 9.17) is 4.74 Å². The summed E-state index contributed by atoms with van der Waals surface area (Å²) in [7, 11) is 0. The van der Waals surface area contributed by atoms with E-state index in [9.17, 15) is 13.6 Å². The van der Waals surface area contributed by atoms with Gasteiger partial charge < -0.3 is 20.3 Å². The molecular formula is C28H31F2N7O2. The van der Waals surface area contributed by atoms with Crippen molar-refractivity contribution in [3.05, 3.63) is 66.6 Å². The van der Waals surface area contributed by atoms with Gasteiger partial charge in [-0.3, -0.25) is 4.98 Å². The van der Waals surface area contributed by atoms with Gasteiger partial charge in [0.2, 0.25) is 5.95 Å². The van der Waals surface area contributed by atoms with Gasteiger partial charge in [0.05, 0.1) is 46.6 Å². The van der Waals surface area contributed by atoms with Crippen LogP contribution in [0.5, 0.6) is 0 Å². The van der Waals surface area contributed by atoms with Crippen molar-refractivity contribution in [1.29, 1.82) is 0 Å². The molecule has 204 valence electrons. The smallest absolute Gasteiger partial charge is 0.407 e. The van der Waals surface area contributed by atoms with Crippen molar-refractivity contribution in [1.82, 2.24) is 24.9 Å². The first-order chi connectivity index (χ1) is 18.6. The van der Waals surface area contributed by atoms with Crippen molar-refractivity contribution in [2.45, 2.75) is 45.8 Å². The number of fused-ring (bicyclic) bond motifs is 1. The molecule has 4 aromatic rings. The van der Waals surface area contributed by atoms with E-state index in [-0.39, 0.29) is 23.2 Å². The molecule has 39 heavy (non-hydrogen) atoms. The topological polar surface area (TPSA) is 96.7 Å². The lowest BCUT2D eigenvalue weighted by atomic mass is 9.93. The lowest BCUT2D eigenvalue weighted by molar-refractivity contribution is 0.0483. The van der Waals surface area contributed by atoms with Crippen LogP contribution in [0.4, 0.5) is 30.9 Å². The molecule has 11 heteroatoms. The first-order valence-corrected chi connectivity index (χ1v) is 12.8. The van der Waals surface area contributed by atoms with E-state index >= 15 is 0 Å². The van der Waals surface area contributed by atoms with Gasteiger partial charge in [0.15, 0.2) is 0 Å². The fourth-order valence-corrected chi connectivity index (χ4v) is 4.66. The number of benzene rings is 1. The molecule has 1 aromatic carbocycles. The fourth-order valence-electron chi connectivity index (χ4n) is 4.66. The highest BCUT2D eigenvalue weighted by atomic mass is 19.1. The molecule has 3 aromatic heterocycles. The van der Waals surface area contributed by atoms with Crippen LogP contribution in [0.3, 0.4) is 0 Å². The van der Waals surface area contributed by atoms with Crippen LogP contribution in [0.1, 0.15) is 34.1 Å². The quantitative estimate of drug-likeness (QED) is 0.346. The molecule has 5 rings (SSSR count). The number of nitrogens with one attached hydrogen (secondary N) is 2. The number of halogens is 2. The number of carbonyl (C=O) groups is 1. The summed E-state index contributed by atoms with van der Waals surface area (Å²) >= 11 is 0. The molecule has 0 unspecified atom stereocenters. The lowest BCUT2D eigenvalue weighted by Crippen LogP contribution is -2.53. The van der Waals surface area contributed by atoms with E-state index < -0.39 is 23.3 Å². The molecule has 1 amide bonds. The third-order valence-electron chi connectivity index (χ3n) is 6.65. The van der Waals surface area contributed by atoms with E-state index in [0.717, 1.165) is 18.7 Å². The van der Waals surface area contributed by atoms with Crippen molar-refractivity contribution in [3.63, 3.8) is 0 Å². The van der Waals surface area contributed by atoms with Gasteiger partial charge in [0.25, 0.3) is 0 Å². The van der Waals surface area contributed by atoms with Crippen LogP contribution in [0.2, 0.25) is 0 Å². The summed E-state index contributed by atoms with van der Waals surface area (Å²) in [5.41, 5.74) is 1.57. The molecule has 0 aliphatic carbocycles. The van der Waals surface area contributed by atoms with E-state index in [0.29, 0.717) is 23.7 Å². The number of hydrogen-bond acceptors (Lipinski definition) is 7. The summed E-state index contributed by atoms with van der Waals surface area (Å²) < 4.78 is 35.8. The number of aromatic nitrogens is 4. The predicted octanol–water partition coefficient (Wildman–Crippen LogP) is 5.55. The summed E-state index contributed by atoms with van der Waals surface area (Å²) in [6.07, 6.45) is 5.44. The maximum atomic E-state index is 14.4. The molecule has 0 bridgehead atoms. The van der Waals surface area contributed by atoms with Crippen LogP contribution in [-0.2, 0) is 4.74 Å². The van der Waals surface area contributed by atoms with Crippen LogP contribution in [0.15, 0.2) is 55.0 Å². The Kier molecular flexibility index (Phi) is 7.07. The van der Waals surface area contributed by atoms with Gasteiger partial charge in [-0.15, -0.1) is 0 Å². The van der Waals surface area contributed by atoms with Gasteiger partial charge in [0.1, 0.15) is 17.2 Å². The Hall–Kier alpha value is -4.28. The molecular weight excluding hydrogens is 504 g/mol. The summed E-state index contributed by atoms with van der Waals surface area (Å²) in [6.45, 7) is 8.98. The summed E-state index contributed by atoms with van der Waals surface area (Å²) in [6, 6.07) is 8.76. The van der Waals surface area contributed by atoms with Crippen LogP contribution < -0.4 is 15.5 Å². The van der Waals surface area contributed by atoms with E-state index in [1.54, 1.807) is 30.7 Å². The number of alkyl carbamates (subject to hydrolysis) is 1. The zero-order valence-electron chi connectivity index (χ0n) is 22.3. The van der Waals surface area contributed by atoms with E-state index in [1.807, 2.05) is 26.8 Å². The molecule has 0 saturated carbocycles. The highest BCUT2D eigenvalue weighted by molar-refractivity contribution is 5.74. The first-order valence-electron chi connectivity index (χ1n) is 12.8. The Morgan fingerprint density at radius 1 is 1.10 bits per heavy atom. The average Bonchev–Trinajstić information content (AvgIpc) is 3.26. The van der Waals surface area contributed by atoms with Crippen LogP contribution in [-0.4, -0.2) is 50.4 Å². The number of imidazole rings is 1. The maximum absolute atomic E-state index is 14.4. The number of rotatable bonds is 5. The second-order valence-corrected chi connectivity index (χ2v) is 10.7. The van der Waals surface area contributed by atoms with Gasteiger partial charge in [-0.1, -0.05) is 13.0 Å². The number of pyridine rings is 1. The van der Waals surface area contributed by atoms with Crippen LogP contribution >= 0.6 is 0 Å². The molecule has 0 radical (unpaired) electrons. The highest BCUT2D eigenvalue weighted by Crippen LogP contribution is 2.32. The lowest BCUT2D eigenvalue weighted by Gasteiger charge is -2.39. The normalized spacial score (nSPS) is 17.7. The summed E-state index contributed by atoms with van der Waals surface area (Å²) in [5.74, 6) is -0.754. The van der Waals surface area contributed by atoms with Crippen molar-refractivity contribution in [3.8, 4) is 11.3 Å². The molecule has 9 nitrogen and oxygen atoms in total. The Balaban J connectivity index is 1.40. The van der Waals surface area contributed by atoms with Gasteiger partial charge in [-0.25, -0.2) is 18.6 Å². The minimum atomic E-state index is -0.695. The van der Waals surface area contributed by atoms with Gasteiger partial charge in [-0.2, -0.15) is 9.61 Å². The maximum Gasteiger partial charge on any atom is 0.407 e. The number of anilines is 3. The number of amides is 1. The summed E-state index contributed by atoms with van der Waals surface area (Å²) in [4.78, 5) is 23.3. The molecule has 2 atom stereocenters. The minimum Gasteiger partial charge on any atom is -0.444 e. The van der Waals surface area contributed by atoms with Crippen LogP contribution in [0.25, 0.3) is 16.8 Å². The standard InChI is InChI=1S/C28H31F2N7O2/c1-17-11-13-36(16-23(17)34-27(38)39-28(2,3)4)24-10-12-31-15-22(24)33-26-32-14-18-8-9-21(35-37(18)26)25-19(29)6-5-7-20(25)30/h5-10,12,14-15,17,23H,11,13,16H2,1-4H3,(H,32,33)(H,34,38)/t17-,23+/m0/s1. The number of carbonyl (C=O) groups excluding carboxylic acids is 1. The molecule has 1 aliphatic heterocycles. The third kappa shape index (κ3) is 5.76. The fraction of sp³-hybridized carbons (Fsp3) is 0.357. The Labute approximate surface area is 225 Å². The first kappa shape index (κ1) is 26.3. The molecule has 1 aliphatic rings. The van der Waals surface area contributed by atoms with Crippen molar-refractivity contribution in [2.75, 3.05) is 23.3 Å². The number of ether oxygens (including phenoxy) is 1. The van der Waals surface area contributed by atoms with Crippen molar-refractivity contribution in [2.24, 2.45) is 5.92 Å². The Morgan fingerprint density at radius 3 is 2.62 bits per heavy atom. The molecule has 0 spiro atoms. The Bertz CT molecular complexity index is 1480.